The van der Waals surface area contributed by atoms with Gasteiger partial charge in [-0.05, 0) is 25.0 Å². The summed E-state index contributed by atoms with van der Waals surface area (Å²) in [4.78, 5) is 22.2. The molecule has 1 amide bonds. The van der Waals surface area contributed by atoms with Crippen LogP contribution in [0.4, 0.5) is 5.69 Å². The number of rotatable bonds is 9. The molecule has 0 heterocycles. The number of nitrogens with one attached hydrogen (secondary N) is 1. The first kappa shape index (κ1) is 17.4. The molecule has 0 saturated carbocycles. The Morgan fingerprint density at radius 2 is 2.10 bits per heavy atom. The monoisotopic (exact) mass is 314 g/mol. The Labute approximate surface area is 128 Å². The zero-order valence-electron chi connectivity index (χ0n) is 11.9. The minimum absolute atomic E-state index is 0.0105. The van der Waals surface area contributed by atoms with Gasteiger partial charge in [0.25, 0.3) is 11.6 Å². The number of halogens is 1. The van der Waals surface area contributed by atoms with Crippen LogP contribution in [0.15, 0.2) is 18.2 Å². The highest BCUT2D eigenvalue weighted by Crippen LogP contribution is 2.22. The third-order valence-corrected chi connectivity index (χ3v) is 3.03. The summed E-state index contributed by atoms with van der Waals surface area (Å²) in [6.07, 6.45) is 2.76. The highest BCUT2D eigenvalue weighted by atomic mass is 35.5. The molecule has 1 aromatic carbocycles. The van der Waals surface area contributed by atoms with Gasteiger partial charge in [0.1, 0.15) is 5.56 Å². The van der Waals surface area contributed by atoms with Crippen LogP contribution < -0.4 is 5.32 Å². The number of amides is 1. The fraction of sp³-hybridized carbons (Fsp3) is 0.500. The largest absolute Gasteiger partial charge is 0.381 e. The fourth-order valence-corrected chi connectivity index (χ4v) is 1.83. The molecule has 1 rings (SSSR count). The van der Waals surface area contributed by atoms with Crippen molar-refractivity contribution in [3.63, 3.8) is 0 Å². The van der Waals surface area contributed by atoms with E-state index >= 15 is 0 Å². The second-order valence-electron chi connectivity index (χ2n) is 4.49. The van der Waals surface area contributed by atoms with E-state index in [-0.39, 0.29) is 16.3 Å². The first-order chi connectivity index (χ1) is 10.1. The molecule has 21 heavy (non-hydrogen) atoms. The van der Waals surface area contributed by atoms with Gasteiger partial charge in [-0.3, -0.25) is 14.9 Å². The Bertz CT molecular complexity index is 494. The molecule has 0 fully saturated rings. The molecule has 0 aliphatic rings. The van der Waals surface area contributed by atoms with Crippen molar-refractivity contribution in [1.29, 1.82) is 0 Å². The van der Waals surface area contributed by atoms with E-state index in [9.17, 15) is 14.9 Å². The number of carbonyl (C=O) groups is 1. The molecule has 6 nitrogen and oxygen atoms in total. The van der Waals surface area contributed by atoms with Crippen molar-refractivity contribution in [3.8, 4) is 0 Å². The molecule has 0 unspecified atom stereocenters. The Hall–Kier alpha value is -1.66. The maximum Gasteiger partial charge on any atom is 0.283 e. The van der Waals surface area contributed by atoms with Gasteiger partial charge >= 0.3 is 0 Å². The molecule has 0 spiro atoms. The van der Waals surface area contributed by atoms with Crippen LogP contribution in [0.5, 0.6) is 0 Å². The van der Waals surface area contributed by atoms with Crippen molar-refractivity contribution in [1.82, 2.24) is 5.32 Å². The van der Waals surface area contributed by atoms with Gasteiger partial charge in [0, 0.05) is 30.8 Å². The third-order valence-electron chi connectivity index (χ3n) is 2.79. The van der Waals surface area contributed by atoms with Crippen LogP contribution in [-0.2, 0) is 4.74 Å². The Morgan fingerprint density at radius 3 is 2.76 bits per heavy atom. The predicted molar refractivity (Wildman–Crippen MR) is 80.8 cm³/mol. The molecule has 1 N–H and O–H groups in total. The molecular formula is C14H19ClN2O4. The summed E-state index contributed by atoms with van der Waals surface area (Å²) in [5, 5.41) is 13.8. The number of unbranched alkanes of at least 4 members (excludes halogenated alkanes) is 1. The quantitative estimate of drug-likeness (QED) is 0.431. The number of ether oxygens (including phenoxy) is 1. The van der Waals surface area contributed by atoms with Crippen molar-refractivity contribution in [2.24, 2.45) is 0 Å². The summed E-state index contributed by atoms with van der Waals surface area (Å²) in [7, 11) is 0. The summed E-state index contributed by atoms with van der Waals surface area (Å²) < 4.78 is 5.36. The molecule has 0 aliphatic heterocycles. The summed E-state index contributed by atoms with van der Waals surface area (Å²) >= 11 is 5.70. The molecule has 0 bridgehead atoms. The fourth-order valence-electron chi connectivity index (χ4n) is 1.67. The summed E-state index contributed by atoms with van der Waals surface area (Å²) in [6, 6.07) is 3.98. The Morgan fingerprint density at radius 1 is 1.38 bits per heavy atom. The lowest BCUT2D eigenvalue weighted by atomic mass is 10.1. The summed E-state index contributed by atoms with van der Waals surface area (Å²) in [6.45, 7) is 3.77. The van der Waals surface area contributed by atoms with Crippen LogP contribution in [0, 0.1) is 10.1 Å². The maximum atomic E-state index is 11.9. The van der Waals surface area contributed by atoms with Crippen molar-refractivity contribution in [2.45, 2.75) is 26.2 Å². The smallest absolute Gasteiger partial charge is 0.283 e. The van der Waals surface area contributed by atoms with E-state index in [2.05, 4.69) is 12.2 Å². The number of nitro benzene ring substituents is 1. The number of carbonyl (C=O) groups excluding carboxylic acids is 1. The van der Waals surface area contributed by atoms with E-state index in [0.29, 0.717) is 26.2 Å². The Kier molecular flexibility index (Phi) is 7.71. The maximum absolute atomic E-state index is 11.9. The molecule has 0 aliphatic carbocycles. The normalized spacial score (nSPS) is 10.4. The minimum Gasteiger partial charge on any atom is -0.381 e. The zero-order valence-corrected chi connectivity index (χ0v) is 12.7. The van der Waals surface area contributed by atoms with Gasteiger partial charge in [0.2, 0.25) is 0 Å². The standard InChI is InChI=1S/C14H19ClN2O4/c1-2-3-8-21-9-4-7-16-14(18)12-6-5-11(15)10-13(12)17(19)20/h5-6,10H,2-4,7-9H2,1H3,(H,16,18). The average Bonchev–Trinajstić information content (AvgIpc) is 2.46. The highest BCUT2D eigenvalue weighted by molar-refractivity contribution is 6.31. The minimum atomic E-state index is -0.616. The lowest BCUT2D eigenvalue weighted by Gasteiger charge is -2.07. The van der Waals surface area contributed by atoms with Gasteiger partial charge in [-0.1, -0.05) is 24.9 Å². The summed E-state index contributed by atoms with van der Waals surface area (Å²) in [5.41, 5.74) is -0.282. The molecular weight excluding hydrogens is 296 g/mol. The third kappa shape index (κ3) is 6.10. The van der Waals surface area contributed by atoms with Gasteiger partial charge in [0.15, 0.2) is 0 Å². The molecule has 0 radical (unpaired) electrons. The van der Waals surface area contributed by atoms with E-state index in [4.69, 9.17) is 16.3 Å². The lowest BCUT2D eigenvalue weighted by molar-refractivity contribution is -0.385. The van der Waals surface area contributed by atoms with Crippen LogP contribution in [0.3, 0.4) is 0 Å². The molecule has 0 atom stereocenters. The number of hydrogen-bond acceptors (Lipinski definition) is 4. The highest BCUT2D eigenvalue weighted by Gasteiger charge is 2.19. The molecule has 116 valence electrons. The van der Waals surface area contributed by atoms with Gasteiger partial charge < -0.3 is 10.1 Å². The first-order valence-electron chi connectivity index (χ1n) is 6.86. The van der Waals surface area contributed by atoms with Crippen LogP contribution >= 0.6 is 11.6 Å². The number of nitro groups is 1. The molecule has 7 heteroatoms. The predicted octanol–water partition coefficient (Wildman–Crippen LogP) is 3.18. The van der Waals surface area contributed by atoms with Crippen molar-refractivity contribution in [2.75, 3.05) is 19.8 Å². The number of hydrogen-bond donors (Lipinski definition) is 1. The van der Waals surface area contributed by atoms with Crippen molar-refractivity contribution >= 4 is 23.2 Å². The van der Waals surface area contributed by atoms with Gasteiger partial charge in [-0.15, -0.1) is 0 Å². The zero-order chi connectivity index (χ0) is 15.7. The van der Waals surface area contributed by atoms with Crippen LogP contribution in [0.25, 0.3) is 0 Å². The SMILES string of the molecule is CCCCOCCCNC(=O)c1ccc(Cl)cc1[N+](=O)[O-]. The topological polar surface area (TPSA) is 81.5 Å². The van der Waals surface area contributed by atoms with Crippen molar-refractivity contribution in [3.05, 3.63) is 38.9 Å². The van der Waals surface area contributed by atoms with Gasteiger partial charge in [0.05, 0.1) is 4.92 Å². The van der Waals surface area contributed by atoms with E-state index < -0.39 is 10.8 Å². The first-order valence-corrected chi connectivity index (χ1v) is 7.24. The lowest BCUT2D eigenvalue weighted by Crippen LogP contribution is -2.26. The van der Waals surface area contributed by atoms with Crippen LogP contribution in [-0.4, -0.2) is 30.6 Å². The molecule has 0 saturated heterocycles. The van der Waals surface area contributed by atoms with Crippen LogP contribution in [0.2, 0.25) is 5.02 Å². The number of benzene rings is 1. The van der Waals surface area contributed by atoms with Gasteiger partial charge in [-0.2, -0.15) is 0 Å². The second kappa shape index (κ2) is 9.31. The van der Waals surface area contributed by atoms with E-state index in [1.807, 2.05) is 0 Å². The summed E-state index contributed by atoms with van der Waals surface area (Å²) in [5.74, 6) is -0.480. The van der Waals surface area contributed by atoms with Crippen LogP contribution in [0.1, 0.15) is 36.5 Å². The Balaban J connectivity index is 2.44. The average molecular weight is 315 g/mol. The second-order valence-corrected chi connectivity index (χ2v) is 4.93. The van der Waals surface area contributed by atoms with Crippen molar-refractivity contribution < 1.29 is 14.5 Å². The molecule has 0 aromatic heterocycles. The van der Waals surface area contributed by atoms with E-state index in [1.165, 1.54) is 18.2 Å². The van der Waals surface area contributed by atoms with E-state index in [1.54, 1.807) is 0 Å². The van der Waals surface area contributed by atoms with Gasteiger partial charge in [-0.25, -0.2) is 0 Å². The number of nitrogens with zero attached hydrogens (tertiary/aromatic N) is 1. The van der Waals surface area contributed by atoms with E-state index in [0.717, 1.165) is 12.8 Å². The molecule has 1 aromatic rings.